The Balaban J connectivity index is 1.92. The van der Waals surface area contributed by atoms with E-state index >= 15 is 0 Å². The second kappa shape index (κ2) is 7.14. The van der Waals surface area contributed by atoms with E-state index in [1.807, 2.05) is 36.4 Å². The van der Waals surface area contributed by atoms with Crippen LogP contribution in [0.1, 0.15) is 37.0 Å². The standard InChI is InChI=1S/C18H22O3/c1-13(2)14-4-6-15(7-5-14)18(19)12-21-17-10-8-16(20-3)9-11-17/h4-11,13,18-19H,12H2,1-3H3. The molecule has 3 heteroatoms. The molecule has 21 heavy (non-hydrogen) atoms. The zero-order chi connectivity index (χ0) is 15.2. The van der Waals surface area contributed by atoms with E-state index in [1.165, 1.54) is 5.56 Å². The molecular weight excluding hydrogens is 264 g/mol. The Bertz CT molecular complexity index is 544. The quantitative estimate of drug-likeness (QED) is 0.874. The van der Waals surface area contributed by atoms with Crippen molar-refractivity contribution in [3.8, 4) is 11.5 Å². The van der Waals surface area contributed by atoms with Crippen molar-refractivity contribution in [3.63, 3.8) is 0 Å². The average Bonchev–Trinajstić information content (AvgIpc) is 2.53. The number of methoxy groups -OCH3 is 1. The third-order valence-electron chi connectivity index (χ3n) is 3.46. The lowest BCUT2D eigenvalue weighted by molar-refractivity contribution is 0.108. The maximum Gasteiger partial charge on any atom is 0.119 e. The van der Waals surface area contributed by atoms with Crippen LogP contribution in [-0.4, -0.2) is 18.8 Å². The molecule has 0 aliphatic heterocycles. The first-order valence-electron chi connectivity index (χ1n) is 7.15. The fourth-order valence-corrected chi connectivity index (χ4v) is 2.05. The van der Waals surface area contributed by atoms with Crippen molar-refractivity contribution < 1.29 is 14.6 Å². The summed E-state index contributed by atoms with van der Waals surface area (Å²) in [6, 6.07) is 15.3. The lowest BCUT2D eigenvalue weighted by Crippen LogP contribution is -2.09. The van der Waals surface area contributed by atoms with E-state index in [0.29, 0.717) is 11.7 Å². The molecule has 2 rings (SSSR count). The topological polar surface area (TPSA) is 38.7 Å². The predicted octanol–water partition coefficient (Wildman–Crippen LogP) is 3.93. The normalized spacial score (nSPS) is 12.2. The minimum atomic E-state index is -0.631. The third kappa shape index (κ3) is 4.23. The summed E-state index contributed by atoms with van der Waals surface area (Å²) in [7, 11) is 1.63. The highest BCUT2D eigenvalue weighted by atomic mass is 16.5. The van der Waals surface area contributed by atoms with Gasteiger partial charge in [0.15, 0.2) is 0 Å². The molecule has 2 aromatic carbocycles. The molecule has 0 radical (unpaired) electrons. The van der Waals surface area contributed by atoms with Crippen LogP contribution in [-0.2, 0) is 0 Å². The Morgan fingerprint density at radius 2 is 1.38 bits per heavy atom. The number of ether oxygens (including phenoxy) is 2. The zero-order valence-electron chi connectivity index (χ0n) is 12.7. The van der Waals surface area contributed by atoms with E-state index in [1.54, 1.807) is 7.11 Å². The third-order valence-corrected chi connectivity index (χ3v) is 3.46. The summed E-state index contributed by atoms with van der Waals surface area (Å²) in [6.45, 7) is 4.53. The summed E-state index contributed by atoms with van der Waals surface area (Å²) in [5.74, 6) is 1.99. The summed E-state index contributed by atoms with van der Waals surface area (Å²) in [5, 5.41) is 10.2. The average molecular weight is 286 g/mol. The fourth-order valence-electron chi connectivity index (χ4n) is 2.05. The molecule has 3 nitrogen and oxygen atoms in total. The highest BCUT2D eigenvalue weighted by molar-refractivity contribution is 5.31. The van der Waals surface area contributed by atoms with Crippen LogP contribution in [0.2, 0.25) is 0 Å². The number of rotatable bonds is 6. The van der Waals surface area contributed by atoms with E-state index in [9.17, 15) is 5.11 Å². The fraction of sp³-hybridized carbons (Fsp3) is 0.333. The van der Waals surface area contributed by atoms with Crippen LogP contribution in [0.4, 0.5) is 0 Å². The van der Waals surface area contributed by atoms with E-state index in [-0.39, 0.29) is 6.61 Å². The molecule has 1 N–H and O–H groups in total. The smallest absolute Gasteiger partial charge is 0.119 e. The van der Waals surface area contributed by atoms with Gasteiger partial charge in [0.2, 0.25) is 0 Å². The second-order valence-electron chi connectivity index (χ2n) is 5.32. The largest absolute Gasteiger partial charge is 0.497 e. The number of aliphatic hydroxyl groups excluding tert-OH is 1. The molecule has 112 valence electrons. The van der Waals surface area contributed by atoms with Crippen LogP contribution in [0.25, 0.3) is 0 Å². The molecule has 0 saturated carbocycles. The second-order valence-corrected chi connectivity index (χ2v) is 5.32. The van der Waals surface area contributed by atoms with Crippen LogP contribution >= 0.6 is 0 Å². The van der Waals surface area contributed by atoms with Gasteiger partial charge in [-0.1, -0.05) is 38.1 Å². The molecular formula is C18H22O3. The molecule has 0 heterocycles. The van der Waals surface area contributed by atoms with E-state index < -0.39 is 6.10 Å². The predicted molar refractivity (Wildman–Crippen MR) is 84.0 cm³/mol. The highest BCUT2D eigenvalue weighted by Crippen LogP contribution is 2.21. The molecule has 2 aromatic rings. The minimum absolute atomic E-state index is 0.230. The Labute approximate surface area is 126 Å². The van der Waals surface area contributed by atoms with E-state index in [2.05, 4.69) is 26.0 Å². The first-order valence-corrected chi connectivity index (χ1v) is 7.15. The summed E-state index contributed by atoms with van der Waals surface area (Å²) >= 11 is 0. The van der Waals surface area contributed by atoms with Crippen molar-refractivity contribution in [2.24, 2.45) is 0 Å². The maximum absolute atomic E-state index is 10.2. The molecule has 0 saturated heterocycles. The van der Waals surface area contributed by atoms with Gasteiger partial charge in [-0.15, -0.1) is 0 Å². The van der Waals surface area contributed by atoms with Gasteiger partial charge >= 0.3 is 0 Å². The minimum Gasteiger partial charge on any atom is -0.497 e. The Kier molecular flexibility index (Phi) is 5.23. The van der Waals surface area contributed by atoms with Gasteiger partial charge in [0.1, 0.15) is 24.2 Å². The van der Waals surface area contributed by atoms with Crippen molar-refractivity contribution in [1.29, 1.82) is 0 Å². The lowest BCUT2D eigenvalue weighted by Gasteiger charge is -2.14. The van der Waals surface area contributed by atoms with Gasteiger partial charge in [0.25, 0.3) is 0 Å². The molecule has 1 atom stereocenters. The first-order chi connectivity index (χ1) is 10.1. The SMILES string of the molecule is COc1ccc(OCC(O)c2ccc(C(C)C)cc2)cc1. The summed E-state index contributed by atoms with van der Waals surface area (Å²) in [5.41, 5.74) is 2.13. The lowest BCUT2D eigenvalue weighted by atomic mass is 10.0. The van der Waals surface area contributed by atoms with Gasteiger partial charge < -0.3 is 14.6 Å². The maximum atomic E-state index is 10.2. The van der Waals surface area contributed by atoms with Crippen molar-refractivity contribution in [2.45, 2.75) is 25.9 Å². The van der Waals surface area contributed by atoms with Crippen molar-refractivity contribution in [3.05, 3.63) is 59.7 Å². The molecule has 1 unspecified atom stereocenters. The molecule has 0 aliphatic rings. The van der Waals surface area contributed by atoms with Gasteiger partial charge in [0.05, 0.1) is 7.11 Å². The Morgan fingerprint density at radius 3 is 1.90 bits per heavy atom. The van der Waals surface area contributed by atoms with Crippen LogP contribution < -0.4 is 9.47 Å². The number of hydrogen-bond donors (Lipinski definition) is 1. The molecule has 0 spiro atoms. The number of benzene rings is 2. The van der Waals surface area contributed by atoms with Gasteiger partial charge in [-0.3, -0.25) is 0 Å². The van der Waals surface area contributed by atoms with Gasteiger partial charge in [-0.2, -0.15) is 0 Å². The van der Waals surface area contributed by atoms with Crippen LogP contribution in [0.15, 0.2) is 48.5 Å². The molecule has 0 aliphatic carbocycles. The first kappa shape index (κ1) is 15.4. The van der Waals surface area contributed by atoms with Crippen LogP contribution in [0.3, 0.4) is 0 Å². The number of hydrogen-bond acceptors (Lipinski definition) is 3. The van der Waals surface area contributed by atoms with Crippen molar-refractivity contribution in [2.75, 3.05) is 13.7 Å². The highest BCUT2D eigenvalue weighted by Gasteiger charge is 2.09. The van der Waals surface area contributed by atoms with Gasteiger partial charge in [-0.25, -0.2) is 0 Å². The van der Waals surface area contributed by atoms with Gasteiger partial charge in [0, 0.05) is 0 Å². The zero-order valence-corrected chi connectivity index (χ0v) is 12.7. The molecule has 0 amide bonds. The Morgan fingerprint density at radius 1 is 0.857 bits per heavy atom. The van der Waals surface area contributed by atoms with Crippen molar-refractivity contribution in [1.82, 2.24) is 0 Å². The summed E-state index contributed by atoms with van der Waals surface area (Å²) in [4.78, 5) is 0. The summed E-state index contributed by atoms with van der Waals surface area (Å²) < 4.78 is 10.7. The van der Waals surface area contributed by atoms with Gasteiger partial charge in [-0.05, 0) is 41.3 Å². The Hall–Kier alpha value is -2.00. The van der Waals surface area contributed by atoms with E-state index in [4.69, 9.17) is 9.47 Å². The van der Waals surface area contributed by atoms with Crippen molar-refractivity contribution >= 4 is 0 Å². The summed E-state index contributed by atoms with van der Waals surface area (Å²) in [6.07, 6.45) is -0.631. The van der Waals surface area contributed by atoms with Crippen LogP contribution in [0, 0.1) is 0 Å². The van der Waals surface area contributed by atoms with Crippen LogP contribution in [0.5, 0.6) is 11.5 Å². The molecule has 0 fully saturated rings. The molecule has 0 aromatic heterocycles. The monoisotopic (exact) mass is 286 g/mol. The molecule has 0 bridgehead atoms. The van der Waals surface area contributed by atoms with E-state index in [0.717, 1.165) is 11.3 Å². The number of aliphatic hydroxyl groups is 1.